The summed E-state index contributed by atoms with van der Waals surface area (Å²) in [6, 6.07) is 1.64. The van der Waals surface area contributed by atoms with Gasteiger partial charge in [-0.2, -0.15) is 0 Å². The van der Waals surface area contributed by atoms with Gasteiger partial charge in [-0.1, -0.05) is 19.8 Å². The standard InChI is InChI=1S/C14H28N2/c1-12-7-8-13(2)16(11-12)10-9-15-14-5-3-4-6-14/h12-15H,3-11H2,1-2H3. The van der Waals surface area contributed by atoms with Crippen LogP contribution in [0.4, 0.5) is 0 Å². The fourth-order valence-electron chi connectivity index (χ4n) is 3.23. The molecule has 1 aliphatic heterocycles. The lowest BCUT2D eigenvalue weighted by molar-refractivity contribution is 0.125. The van der Waals surface area contributed by atoms with Gasteiger partial charge in [0.1, 0.15) is 0 Å². The van der Waals surface area contributed by atoms with Crippen molar-refractivity contribution in [2.75, 3.05) is 19.6 Å². The molecular formula is C14H28N2. The number of piperidine rings is 1. The van der Waals surface area contributed by atoms with E-state index in [2.05, 4.69) is 24.1 Å². The molecule has 2 rings (SSSR count). The van der Waals surface area contributed by atoms with Crippen molar-refractivity contribution in [3.63, 3.8) is 0 Å². The molecule has 2 heteroatoms. The highest BCUT2D eigenvalue weighted by molar-refractivity contribution is 4.79. The molecule has 2 unspecified atom stereocenters. The predicted octanol–water partition coefficient (Wildman–Crippen LogP) is 2.64. The Morgan fingerprint density at radius 3 is 2.56 bits per heavy atom. The molecule has 94 valence electrons. The van der Waals surface area contributed by atoms with Crippen LogP contribution in [0, 0.1) is 5.92 Å². The van der Waals surface area contributed by atoms with Gasteiger partial charge in [-0.25, -0.2) is 0 Å². The molecule has 2 fully saturated rings. The highest BCUT2D eigenvalue weighted by Gasteiger charge is 2.22. The normalized spacial score (nSPS) is 33.4. The van der Waals surface area contributed by atoms with Gasteiger partial charge in [-0.3, -0.25) is 4.90 Å². The molecule has 0 bridgehead atoms. The third-order valence-corrected chi connectivity index (χ3v) is 4.43. The second kappa shape index (κ2) is 6.02. The fourth-order valence-corrected chi connectivity index (χ4v) is 3.23. The number of hydrogen-bond acceptors (Lipinski definition) is 2. The molecule has 0 spiro atoms. The van der Waals surface area contributed by atoms with Crippen molar-refractivity contribution < 1.29 is 0 Å². The van der Waals surface area contributed by atoms with Crippen LogP contribution >= 0.6 is 0 Å². The van der Waals surface area contributed by atoms with Gasteiger partial charge in [-0.15, -0.1) is 0 Å². The summed E-state index contributed by atoms with van der Waals surface area (Å²) in [6.07, 6.45) is 8.51. The van der Waals surface area contributed by atoms with Crippen molar-refractivity contribution in [3.05, 3.63) is 0 Å². The molecular weight excluding hydrogens is 196 g/mol. The zero-order chi connectivity index (χ0) is 11.4. The quantitative estimate of drug-likeness (QED) is 0.790. The summed E-state index contributed by atoms with van der Waals surface area (Å²) in [5.74, 6) is 0.905. The zero-order valence-corrected chi connectivity index (χ0v) is 11.0. The maximum Gasteiger partial charge on any atom is 0.0110 e. The van der Waals surface area contributed by atoms with Gasteiger partial charge in [0.05, 0.1) is 0 Å². The maximum atomic E-state index is 3.72. The molecule has 0 radical (unpaired) electrons. The Kier molecular flexibility index (Phi) is 4.66. The molecule has 2 nitrogen and oxygen atoms in total. The smallest absolute Gasteiger partial charge is 0.0110 e. The average molecular weight is 224 g/mol. The number of likely N-dealkylation sites (tertiary alicyclic amines) is 1. The molecule has 1 saturated heterocycles. The summed E-state index contributed by atoms with van der Waals surface area (Å²) in [7, 11) is 0. The van der Waals surface area contributed by atoms with E-state index in [1.165, 1.54) is 58.2 Å². The van der Waals surface area contributed by atoms with E-state index in [0.717, 1.165) is 18.0 Å². The van der Waals surface area contributed by atoms with Crippen LogP contribution in [0.15, 0.2) is 0 Å². The Morgan fingerprint density at radius 1 is 1.06 bits per heavy atom. The Hall–Kier alpha value is -0.0800. The van der Waals surface area contributed by atoms with Gasteiger partial charge in [0.15, 0.2) is 0 Å². The second-order valence-electron chi connectivity index (χ2n) is 5.96. The van der Waals surface area contributed by atoms with Crippen molar-refractivity contribution in [2.24, 2.45) is 5.92 Å². The molecule has 2 atom stereocenters. The first-order valence-corrected chi connectivity index (χ1v) is 7.23. The van der Waals surface area contributed by atoms with Crippen LogP contribution in [0.5, 0.6) is 0 Å². The van der Waals surface area contributed by atoms with Gasteiger partial charge in [0.2, 0.25) is 0 Å². The van der Waals surface area contributed by atoms with Gasteiger partial charge in [0.25, 0.3) is 0 Å². The molecule has 2 aliphatic rings. The molecule has 1 heterocycles. The number of nitrogens with zero attached hydrogens (tertiary/aromatic N) is 1. The monoisotopic (exact) mass is 224 g/mol. The van der Waals surface area contributed by atoms with E-state index in [4.69, 9.17) is 0 Å². The van der Waals surface area contributed by atoms with E-state index in [1.807, 2.05) is 0 Å². The molecule has 1 aliphatic carbocycles. The van der Waals surface area contributed by atoms with Crippen molar-refractivity contribution in [1.29, 1.82) is 0 Å². The first kappa shape index (κ1) is 12.4. The minimum Gasteiger partial charge on any atom is -0.313 e. The number of hydrogen-bond donors (Lipinski definition) is 1. The number of rotatable bonds is 4. The van der Waals surface area contributed by atoms with E-state index in [9.17, 15) is 0 Å². The molecule has 16 heavy (non-hydrogen) atoms. The van der Waals surface area contributed by atoms with Crippen LogP contribution in [0.2, 0.25) is 0 Å². The molecule has 0 aromatic carbocycles. The van der Waals surface area contributed by atoms with E-state index in [-0.39, 0.29) is 0 Å². The van der Waals surface area contributed by atoms with Crippen molar-refractivity contribution in [3.8, 4) is 0 Å². The first-order chi connectivity index (χ1) is 7.75. The van der Waals surface area contributed by atoms with Crippen LogP contribution in [0.3, 0.4) is 0 Å². The number of nitrogens with one attached hydrogen (secondary N) is 1. The topological polar surface area (TPSA) is 15.3 Å². The lowest BCUT2D eigenvalue weighted by Gasteiger charge is -2.37. The summed E-state index contributed by atoms with van der Waals surface area (Å²) in [4.78, 5) is 2.68. The van der Waals surface area contributed by atoms with Crippen LogP contribution < -0.4 is 5.32 Å². The highest BCUT2D eigenvalue weighted by atomic mass is 15.2. The SMILES string of the molecule is CC1CCC(C)N(CCNC2CCCC2)C1. The summed E-state index contributed by atoms with van der Waals surface area (Å²) >= 11 is 0. The van der Waals surface area contributed by atoms with E-state index < -0.39 is 0 Å². The van der Waals surface area contributed by atoms with Gasteiger partial charge < -0.3 is 5.32 Å². The highest BCUT2D eigenvalue weighted by Crippen LogP contribution is 2.21. The third-order valence-electron chi connectivity index (χ3n) is 4.43. The lowest BCUT2D eigenvalue weighted by atomic mass is 9.95. The summed E-state index contributed by atoms with van der Waals surface area (Å²) in [5.41, 5.74) is 0. The Labute approximate surface area is 101 Å². The second-order valence-corrected chi connectivity index (χ2v) is 5.96. The Bertz CT molecular complexity index is 199. The predicted molar refractivity (Wildman–Crippen MR) is 69.7 cm³/mol. The largest absolute Gasteiger partial charge is 0.313 e. The van der Waals surface area contributed by atoms with Gasteiger partial charge in [0, 0.05) is 31.7 Å². The van der Waals surface area contributed by atoms with Crippen LogP contribution in [-0.2, 0) is 0 Å². The molecule has 0 amide bonds. The first-order valence-electron chi connectivity index (χ1n) is 7.23. The maximum absolute atomic E-state index is 3.72. The molecule has 1 saturated carbocycles. The van der Waals surface area contributed by atoms with E-state index in [0.29, 0.717) is 0 Å². The van der Waals surface area contributed by atoms with Crippen LogP contribution in [0.25, 0.3) is 0 Å². The lowest BCUT2D eigenvalue weighted by Crippen LogP contribution is -2.45. The zero-order valence-electron chi connectivity index (χ0n) is 11.0. The van der Waals surface area contributed by atoms with E-state index >= 15 is 0 Å². The van der Waals surface area contributed by atoms with Gasteiger partial charge >= 0.3 is 0 Å². The minimum absolute atomic E-state index is 0.807. The summed E-state index contributed by atoms with van der Waals surface area (Å²) < 4.78 is 0. The Balaban J connectivity index is 1.63. The Morgan fingerprint density at radius 2 is 1.81 bits per heavy atom. The van der Waals surface area contributed by atoms with Gasteiger partial charge in [-0.05, 0) is 38.5 Å². The average Bonchev–Trinajstić information content (AvgIpc) is 2.76. The fraction of sp³-hybridized carbons (Fsp3) is 1.00. The molecule has 1 N–H and O–H groups in total. The summed E-state index contributed by atoms with van der Waals surface area (Å²) in [5, 5.41) is 3.72. The molecule has 0 aromatic rings. The van der Waals surface area contributed by atoms with Crippen LogP contribution in [-0.4, -0.2) is 36.6 Å². The third kappa shape index (κ3) is 3.46. The molecule has 0 aromatic heterocycles. The van der Waals surface area contributed by atoms with Crippen molar-refractivity contribution in [1.82, 2.24) is 10.2 Å². The minimum atomic E-state index is 0.807. The van der Waals surface area contributed by atoms with Crippen LogP contribution in [0.1, 0.15) is 52.4 Å². The van der Waals surface area contributed by atoms with Crippen molar-refractivity contribution >= 4 is 0 Å². The van der Waals surface area contributed by atoms with E-state index in [1.54, 1.807) is 0 Å². The van der Waals surface area contributed by atoms with Crippen molar-refractivity contribution in [2.45, 2.75) is 64.5 Å². The summed E-state index contributed by atoms with van der Waals surface area (Å²) in [6.45, 7) is 8.54.